The Labute approximate surface area is 102 Å². The quantitative estimate of drug-likeness (QED) is 0.734. The first-order valence-electron chi connectivity index (χ1n) is 6.43. The second-order valence-electron chi connectivity index (χ2n) is 4.70. The van der Waals surface area contributed by atoms with Crippen LogP contribution in [0, 0.1) is 0 Å². The van der Waals surface area contributed by atoms with Gasteiger partial charge in [0.15, 0.2) is 0 Å². The van der Waals surface area contributed by atoms with Crippen molar-refractivity contribution in [3.8, 4) is 0 Å². The number of nitrogens with two attached hydrogens (primary N) is 1. The molecule has 1 aromatic rings. The number of hydrogen-bond donors (Lipinski definition) is 2. The monoisotopic (exact) mass is 238 g/mol. The number of aliphatic hydroxyl groups excluding tert-OH is 1. The number of nitrogen functional groups attached to an aromatic ring is 1. The molecule has 17 heavy (non-hydrogen) atoms. The summed E-state index contributed by atoms with van der Waals surface area (Å²) in [4.78, 5) is 2.47. The predicted octanol–water partition coefficient (Wildman–Crippen LogP) is 0.702. The molecular formula is C12H22N4O. The smallest absolute Gasteiger partial charge is 0.145 e. The molecule has 1 saturated carbocycles. The fraction of sp³-hybridized carbons (Fsp3) is 0.750. The normalized spacial score (nSPS) is 16.4. The highest BCUT2D eigenvalue weighted by Gasteiger charge is 2.24. The Morgan fingerprint density at radius 1 is 1.47 bits per heavy atom. The molecule has 1 heterocycles. The van der Waals surface area contributed by atoms with Crippen molar-refractivity contribution in [3.05, 3.63) is 12.3 Å². The molecule has 0 bridgehead atoms. The van der Waals surface area contributed by atoms with E-state index in [1.807, 2.05) is 16.9 Å². The molecule has 1 fully saturated rings. The van der Waals surface area contributed by atoms with Crippen LogP contribution >= 0.6 is 0 Å². The van der Waals surface area contributed by atoms with Gasteiger partial charge in [0.2, 0.25) is 0 Å². The summed E-state index contributed by atoms with van der Waals surface area (Å²) in [5.74, 6) is 0.579. The van der Waals surface area contributed by atoms with E-state index in [-0.39, 0.29) is 6.61 Å². The van der Waals surface area contributed by atoms with Crippen molar-refractivity contribution >= 4 is 5.82 Å². The summed E-state index contributed by atoms with van der Waals surface area (Å²) < 4.78 is 1.89. The minimum Gasteiger partial charge on any atom is -0.396 e. The zero-order valence-corrected chi connectivity index (χ0v) is 10.3. The molecule has 0 saturated heterocycles. The standard InChI is InChI=1S/C12H22N4O/c13-12-5-7-16(14-12)9-8-15(6-2-10-17)11-3-1-4-11/h5,7,11,17H,1-4,6,8-10H2,(H2,13,14). The van der Waals surface area contributed by atoms with Crippen molar-refractivity contribution in [1.82, 2.24) is 14.7 Å². The largest absolute Gasteiger partial charge is 0.396 e. The van der Waals surface area contributed by atoms with Gasteiger partial charge >= 0.3 is 0 Å². The molecule has 0 amide bonds. The van der Waals surface area contributed by atoms with Crippen LogP contribution in [0.4, 0.5) is 5.82 Å². The number of rotatable bonds is 7. The molecule has 1 aliphatic carbocycles. The van der Waals surface area contributed by atoms with E-state index >= 15 is 0 Å². The summed E-state index contributed by atoms with van der Waals surface area (Å²) in [5.41, 5.74) is 5.58. The van der Waals surface area contributed by atoms with Crippen molar-refractivity contribution in [2.24, 2.45) is 0 Å². The summed E-state index contributed by atoms with van der Waals surface area (Å²) in [7, 11) is 0. The van der Waals surface area contributed by atoms with Gasteiger partial charge in [0.25, 0.3) is 0 Å². The van der Waals surface area contributed by atoms with Crippen LogP contribution in [0.15, 0.2) is 12.3 Å². The lowest BCUT2D eigenvalue weighted by Gasteiger charge is -2.37. The number of hydrogen-bond acceptors (Lipinski definition) is 4. The summed E-state index contributed by atoms with van der Waals surface area (Å²) in [6.07, 6.45) is 6.71. The molecule has 1 aliphatic rings. The minimum absolute atomic E-state index is 0.276. The summed E-state index contributed by atoms with van der Waals surface area (Å²) in [5, 5.41) is 13.1. The van der Waals surface area contributed by atoms with Crippen LogP contribution in [0.1, 0.15) is 25.7 Å². The Kier molecular flexibility index (Phi) is 4.39. The van der Waals surface area contributed by atoms with E-state index < -0.39 is 0 Å². The molecule has 5 nitrogen and oxygen atoms in total. The maximum absolute atomic E-state index is 8.92. The highest BCUT2D eigenvalue weighted by Crippen LogP contribution is 2.24. The molecule has 0 atom stereocenters. The van der Waals surface area contributed by atoms with Crippen LogP contribution in [0.25, 0.3) is 0 Å². The molecule has 0 aromatic carbocycles. The molecule has 0 unspecified atom stereocenters. The first-order chi connectivity index (χ1) is 8.29. The van der Waals surface area contributed by atoms with Gasteiger partial charge in [0.05, 0.1) is 6.54 Å². The molecule has 1 aromatic heterocycles. The Balaban J connectivity index is 1.79. The second-order valence-corrected chi connectivity index (χ2v) is 4.70. The molecule has 0 aliphatic heterocycles. The zero-order valence-electron chi connectivity index (χ0n) is 10.3. The molecule has 5 heteroatoms. The highest BCUT2D eigenvalue weighted by atomic mass is 16.3. The maximum atomic E-state index is 8.92. The van der Waals surface area contributed by atoms with E-state index in [9.17, 15) is 0 Å². The number of nitrogens with zero attached hydrogens (tertiary/aromatic N) is 3. The van der Waals surface area contributed by atoms with Crippen LogP contribution in [-0.4, -0.2) is 45.5 Å². The summed E-state index contributed by atoms with van der Waals surface area (Å²) in [6, 6.07) is 2.54. The molecular weight excluding hydrogens is 216 g/mol. The Hall–Kier alpha value is -1.07. The molecule has 96 valence electrons. The fourth-order valence-corrected chi connectivity index (χ4v) is 2.24. The van der Waals surface area contributed by atoms with Crippen molar-refractivity contribution in [1.29, 1.82) is 0 Å². The SMILES string of the molecule is Nc1ccn(CCN(CCCO)C2CCC2)n1. The Morgan fingerprint density at radius 2 is 2.29 bits per heavy atom. The van der Waals surface area contributed by atoms with Crippen molar-refractivity contribution in [2.75, 3.05) is 25.4 Å². The average molecular weight is 238 g/mol. The number of anilines is 1. The van der Waals surface area contributed by atoms with Crippen molar-refractivity contribution < 1.29 is 5.11 Å². The Bertz CT molecular complexity index is 335. The maximum Gasteiger partial charge on any atom is 0.145 e. The van der Waals surface area contributed by atoms with Crippen LogP contribution < -0.4 is 5.73 Å². The van der Waals surface area contributed by atoms with E-state index in [1.165, 1.54) is 19.3 Å². The van der Waals surface area contributed by atoms with Crippen LogP contribution in [0.2, 0.25) is 0 Å². The second kappa shape index (κ2) is 6.02. The molecule has 2 rings (SSSR count). The lowest BCUT2D eigenvalue weighted by atomic mass is 9.91. The summed E-state index contributed by atoms with van der Waals surface area (Å²) in [6.45, 7) is 3.13. The fourth-order valence-electron chi connectivity index (χ4n) is 2.24. The van der Waals surface area contributed by atoms with Crippen molar-refractivity contribution in [3.63, 3.8) is 0 Å². The van der Waals surface area contributed by atoms with Crippen LogP contribution in [0.5, 0.6) is 0 Å². The zero-order chi connectivity index (χ0) is 12.1. The predicted molar refractivity (Wildman–Crippen MR) is 67.6 cm³/mol. The van der Waals surface area contributed by atoms with Crippen LogP contribution in [-0.2, 0) is 6.54 Å². The first kappa shape index (κ1) is 12.4. The van der Waals surface area contributed by atoms with Crippen LogP contribution in [0.3, 0.4) is 0 Å². The third kappa shape index (κ3) is 3.44. The third-order valence-corrected chi connectivity index (χ3v) is 3.47. The molecule has 0 radical (unpaired) electrons. The molecule has 3 N–H and O–H groups in total. The lowest BCUT2D eigenvalue weighted by Crippen LogP contribution is -2.42. The third-order valence-electron chi connectivity index (χ3n) is 3.47. The Morgan fingerprint density at radius 3 is 2.82 bits per heavy atom. The van der Waals surface area contributed by atoms with E-state index in [2.05, 4.69) is 10.00 Å². The van der Waals surface area contributed by atoms with Gasteiger partial charge in [-0.3, -0.25) is 9.58 Å². The van der Waals surface area contributed by atoms with Gasteiger partial charge < -0.3 is 10.8 Å². The molecule has 0 spiro atoms. The summed E-state index contributed by atoms with van der Waals surface area (Å²) >= 11 is 0. The van der Waals surface area contributed by atoms with Gasteiger partial charge in [-0.1, -0.05) is 6.42 Å². The van der Waals surface area contributed by atoms with Gasteiger partial charge in [-0.25, -0.2) is 0 Å². The van der Waals surface area contributed by atoms with Gasteiger partial charge in [-0.05, 0) is 25.3 Å². The van der Waals surface area contributed by atoms with Gasteiger partial charge in [0, 0.05) is 31.9 Å². The highest BCUT2D eigenvalue weighted by molar-refractivity contribution is 5.23. The van der Waals surface area contributed by atoms with E-state index in [0.29, 0.717) is 5.82 Å². The lowest BCUT2D eigenvalue weighted by molar-refractivity contribution is 0.111. The van der Waals surface area contributed by atoms with E-state index in [4.69, 9.17) is 10.8 Å². The minimum atomic E-state index is 0.276. The van der Waals surface area contributed by atoms with E-state index in [0.717, 1.165) is 32.1 Å². The van der Waals surface area contributed by atoms with Crippen molar-refractivity contribution in [2.45, 2.75) is 38.3 Å². The number of aromatic nitrogens is 2. The van der Waals surface area contributed by atoms with Gasteiger partial charge in [-0.15, -0.1) is 0 Å². The van der Waals surface area contributed by atoms with Gasteiger partial charge in [0.1, 0.15) is 5.82 Å². The first-order valence-corrected chi connectivity index (χ1v) is 6.43. The topological polar surface area (TPSA) is 67.3 Å². The van der Waals surface area contributed by atoms with Gasteiger partial charge in [-0.2, -0.15) is 5.10 Å². The average Bonchev–Trinajstić information content (AvgIpc) is 2.65. The van der Waals surface area contributed by atoms with E-state index in [1.54, 1.807) is 0 Å². The number of aliphatic hydroxyl groups is 1.